The second-order valence-electron chi connectivity index (χ2n) is 5.11. The highest BCUT2D eigenvalue weighted by Crippen LogP contribution is 2.23. The van der Waals surface area contributed by atoms with Crippen LogP contribution in [-0.4, -0.2) is 23.1 Å². The van der Waals surface area contributed by atoms with Gasteiger partial charge in [-0.15, -0.1) is 0 Å². The lowest BCUT2D eigenvalue weighted by Gasteiger charge is -2.30. The molecule has 0 saturated carbocycles. The number of hydrogen-bond acceptors (Lipinski definition) is 5. The lowest BCUT2D eigenvalue weighted by Crippen LogP contribution is -2.34. The number of rotatable bonds is 3. The molecule has 5 heteroatoms. The molecule has 3 N–H and O–H groups in total. The molecule has 0 aliphatic carbocycles. The van der Waals surface area contributed by atoms with E-state index in [2.05, 4.69) is 34.1 Å². The van der Waals surface area contributed by atoms with Crippen molar-refractivity contribution in [2.45, 2.75) is 40.0 Å². The summed E-state index contributed by atoms with van der Waals surface area (Å²) in [5.74, 6) is 7.91. The molecule has 0 bridgehead atoms. The topological polar surface area (TPSA) is 67.1 Å². The molecule has 0 spiro atoms. The normalized spacial score (nSPS) is 17.0. The average molecular weight is 249 g/mol. The number of nitrogens with zero attached hydrogens (tertiary/aromatic N) is 3. The maximum Gasteiger partial charge on any atom is 0.227 e. The molecule has 1 aliphatic heterocycles. The van der Waals surface area contributed by atoms with Crippen molar-refractivity contribution in [2.75, 3.05) is 23.4 Å². The molecule has 0 atom stereocenters. The number of aromatic nitrogens is 2. The van der Waals surface area contributed by atoms with Crippen LogP contribution in [0.5, 0.6) is 0 Å². The Hall–Kier alpha value is -1.36. The van der Waals surface area contributed by atoms with E-state index in [1.54, 1.807) is 0 Å². The number of aryl methyl sites for hydroxylation is 1. The molecule has 2 heterocycles. The lowest BCUT2D eigenvalue weighted by molar-refractivity contribution is 0.434. The Morgan fingerprint density at radius 1 is 1.33 bits per heavy atom. The molecular formula is C13H23N5. The summed E-state index contributed by atoms with van der Waals surface area (Å²) in [7, 11) is 0. The summed E-state index contributed by atoms with van der Waals surface area (Å²) < 4.78 is 0. The SMILES string of the molecule is CCc1nc(N2CCC(C)CC2)nc(NN)c1C. The summed E-state index contributed by atoms with van der Waals surface area (Å²) in [6.45, 7) is 8.50. The van der Waals surface area contributed by atoms with Gasteiger partial charge in [0.05, 0.1) is 5.69 Å². The number of hydrogen-bond donors (Lipinski definition) is 2. The van der Waals surface area contributed by atoms with E-state index >= 15 is 0 Å². The van der Waals surface area contributed by atoms with Crippen molar-refractivity contribution in [3.8, 4) is 0 Å². The van der Waals surface area contributed by atoms with E-state index in [4.69, 9.17) is 5.84 Å². The summed E-state index contributed by atoms with van der Waals surface area (Å²) in [5, 5.41) is 0. The van der Waals surface area contributed by atoms with Crippen LogP contribution in [0.3, 0.4) is 0 Å². The minimum absolute atomic E-state index is 0.746. The Balaban J connectivity index is 2.27. The number of piperidine rings is 1. The fourth-order valence-electron chi connectivity index (χ4n) is 2.38. The molecule has 1 aliphatic rings. The van der Waals surface area contributed by atoms with E-state index < -0.39 is 0 Å². The summed E-state index contributed by atoms with van der Waals surface area (Å²) >= 11 is 0. The Morgan fingerprint density at radius 3 is 2.56 bits per heavy atom. The molecule has 0 amide bonds. The number of nitrogens with two attached hydrogens (primary N) is 1. The molecule has 0 aromatic carbocycles. The van der Waals surface area contributed by atoms with Gasteiger partial charge in [-0.25, -0.2) is 10.8 Å². The van der Waals surface area contributed by atoms with Gasteiger partial charge in [-0.2, -0.15) is 4.98 Å². The van der Waals surface area contributed by atoms with Gasteiger partial charge in [-0.1, -0.05) is 13.8 Å². The second-order valence-corrected chi connectivity index (χ2v) is 5.11. The van der Waals surface area contributed by atoms with Gasteiger partial charge in [0.2, 0.25) is 5.95 Å². The molecule has 1 saturated heterocycles. The molecule has 18 heavy (non-hydrogen) atoms. The standard InChI is InChI=1S/C13H23N5/c1-4-11-10(3)12(17-14)16-13(15-11)18-7-5-9(2)6-8-18/h9H,4-8,14H2,1-3H3,(H,15,16,17). The van der Waals surface area contributed by atoms with Crippen molar-refractivity contribution in [2.24, 2.45) is 11.8 Å². The van der Waals surface area contributed by atoms with E-state index in [9.17, 15) is 0 Å². The Morgan fingerprint density at radius 2 is 2.00 bits per heavy atom. The predicted molar refractivity (Wildman–Crippen MR) is 74.6 cm³/mol. The average Bonchev–Trinajstić information content (AvgIpc) is 2.40. The summed E-state index contributed by atoms with van der Waals surface area (Å²) in [4.78, 5) is 11.5. The number of nitrogens with one attached hydrogen (secondary N) is 1. The molecule has 1 fully saturated rings. The minimum atomic E-state index is 0.746. The van der Waals surface area contributed by atoms with Crippen LogP contribution in [0.2, 0.25) is 0 Å². The van der Waals surface area contributed by atoms with Gasteiger partial charge < -0.3 is 10.3 Å². The van der Waals surface area contributed by atoms with Gasteiger partial charge in [0.15, 0.2) is 0 Å². The monoisotopic (exact) mass is 249 g/mol. The van der Waals surface area contributed by atoms with Crippen molar-refractivity contribution in [3.63, 3.8) is 0 Å². The van der Waals surface area contributed by atoms with Crippen LogP contribution < -0.4 is 16.2 Å². The second kappa shape index (κ2) is 5.52. The van der Waals surface area contributed by atoms with E-state index in [0.717, 1.165) is 48.5 Å². The van der Waals surface area contributed by atoms with Gasteiger partial charge in [0.25, 0.3) is 0 Å². The lowest BCUT2D eigenvalue weighted by atomic mass is 10.00. The molecule has 0 unspecified atom stereocenters. The van der Waals surface area contributed by atoms with Gasteiger partial charge in [-0.3, -0.25) is 0 Å². The van der Waals surface area contributed by atoms with E-state index in [0.29, 0.717) is 0 Å². The van der Waals surface area contributed by atoms with Crippen molar-refractivity contribution < 1.29 is 0 Å². The first-order valence-corrected chi connectivity index (χ1v) is 6.74. The van der Waals surface area contributed by atoms with Crippen molar-refractivity contribution in [1.29, 1.82) is 0 Å². The fourth-order valence-corrected chi connectivity index (χ4v) is 2.38. The maximum absolute atomic E-state index is 5.54. The summed E-state index contributed by atoms with van der Waals surface area (Å²) in [6.07, 6.45) is 3.33. The largest absolute Gasteiger partial charge is 0.341 e. The van der Waals surface area contributed by atoms with Gasteiger partial charge in [0, 0.05) is 18.7 Å². The summed E-state index contributed by atoms with van der Waals surface area (Å²) in [6, 6.07) is 0. The minimum Gasteiger partial charge on any atom is -0.341 e. The smallest absolute Gasteiger partial charge is 0.227 e. The molecule has 5 nitrogen and oxygen atoms in total. The predicted octanol–water partition coefficient (Wildman–Crippen LogP) is 1.87. The molecular weight excluding hydrogens is 226 g/mol. The highest BCUT2D eigenvalue weighted by atomic mass is 15.3. The molecule has 2 rings (SSSR count). The van der Waals surface area contributed by atoms with E-state index in [1.807, 2.05) is 6.92 Å². The van der Waals surface area contributed by atoms with E-state index in [1.165, 1.54) is 12.8 Å². The number of hydrazine groups is 1. The third kappa shape index (κ3) is 2.56. The quantitative estimate of drug-likeness (QED) is 0.632. The Kier molecular flexibility index (Phi) is 4.01. The van der Waals surface area contributed by atoms with Gasteiger partial charge in [0.1, 0.15) is 5.82 Å². The van der Waals surface area contributed by atoms with E-state index in [-0.39, 0.29) is 0 Å². The van der Waals surface area contributed by atoms with Gasteiger partial charge in [-0.05, 0) is 32.1 Å². The zero-order valence-electron chi connectivity index (χ0n) is 11.5. The van der Waals surface area contributed by atoms with Crippen LogP contribution >= 0.6 is 0 Å². The number of anilines is 2. The Labute approximate surface area is 109 Å². The first-order valence-electron chi connectivity index (χ1n) is 6.74. The molecule has 0 radical (unpaired) electrons. The van der Waals surface area contributed by atoms with Crippen LogP contribution in [0.15, 0.2) is 0 Å². The third-order valence-electron chi connectivity index (χ3n) is 3.77. The number of nitrogen functional groups attached to an aromatic ring is 1. The van der Waals surface area contributed by atoms with Crippen LogP contribution in [0.4, 0.5) is 11.8 Å². The van der Waals surface area contributed by atoms with Gasteiger partial charge >= 0.3 is 0 Å². The maximum atomic E-state index is 5.54. The molecule has 1 aromatic rings. The zero-order chi connectivity index (χ0) is 13.1. The van der Waals surface area contributed by atoms with Crippen LogP contribution in [0.1, 0.15) is 37.9 Å². The zero-order valence-corrected chi connectivity index (χ0v) is 11.5. The van der Waals surface area contributed by atoms with Crippen LogP contribution in [0, 0.1) is 12.8 Å². The molecule has 1 aromatic heterocycles. The van der Waals surface area contributed by atoms with Crippen molar-refractivity contribution >= 4 is 11.8 Å². The highest BCUT2D eigenvalue weighted by Gasteiger charge is 2.19. The van der Waals surface area contributed by atoms with Crippen molar-refractivity contribution in [1.82, 2.24) is 9.97 Å². The fraction of sp³-hybridized carbons (Fsp3) is 0.692. The van der Waals surface area contributed by atoms with Crippen LogP contribution in [0.25, 0.3) is 0 Å². The Bertz CT molecular complexity index is 385. The molecule has 100 valence electrons. The van der Waals surface area contributed by atoms with Crippen LogP contribution in [-0.2, 0) is 6.42 Å². The first kappa shape index (κ1) is 13.1. The first-order chi connectivity index (χ1) is 8.65. The highest BCUT2D eigenvalue weighted by molar-refractivity contribution is 5.50. The third-order valence-corrected chi connectivity index (χ3v) is 3.77. The summed E-state index contributed by atoms with van der Waals surface area (Å²) in [5.41, 5.74) is 4.81. The van der Waals surface area contributed by atoms with Crippen molar-refractivity contribution in [3.05, 3.63) is 11.3 Å².